The highest BCUT2D eigenvalue weighted by Gasteiger charge is 2.30. The number of hydrogen-bond donors (Lipinski definition) is 2. The summed E-state index contributed by atoms with van der Waals surface area (Å²) >= 11 is 0. The molecule has 17 heavy (non-hydrogen) atoms. The van der Waals surface area contributed by atoms with Crippen molar-refractivity contribution in [1.82, 2.24) is 14.9 Å². The maximum absolute atomic E-state index is 10.3. The molecular formula is C13H23N3O. The van der Waals surface area contributed by atoms with E-state index in [1.807, 2.05) is 12.5 Å². The topological polar surface area (TPSA) is 50.1 Å². The van der Waals surface area contributed by atoms with Crippen LogP contribution in [-0.2, 0) is 6.54 Å². The van der Waals surface area contributed by atoms with Gasteiger partial charge in [0.2, 0.25) is 0 Å². The van der Waals surface area contributed by atoms with Crippen molar-refractivity contribution in [3.05, 3.63) is 18.7 Å². The van der Waals surface area contributed by atoms with Gasteiger partial charge in [0.1, 0.15) is 5.72 Å². The summed E-state index contributed by atoms with van der Waals surface area (Å²) in [5.74, 6) is 0.767. The molecule has 1 aliphatic carbocycles. The lowest BCUT2D eigenvalue weighted by atomic mass is 9.84. The number of nitrogens with zero attached hydrogens (tertiary/aromatic N) is 2. The van der Waals surface area contributed by atoms with Crippen molar-refractivity contribution < 1.29 is 5.11 Å². The molecule has 0 radical (unpaired) electrons. The molecule has 1 aromatic heterocycles. The van der Waals surface area contributed by atoms with Crippen molar-refractivity contribution in [1.29, 1.82) is 0 Å². The SMILES string of the molecule is CC1CCC(O)(NCCCn2ccnc2)CC1. The van der Waals surface area contributed by atoms with Crippen LogP contribution in [0, 0.1) is 5.92 Å². The monoisotopic (exact) mass is 237 g/mol. The van der Waals surface area contributed by atoms with Gasteiger partial charge in [-0.15, -0.1) is 0 Å². The van der Waals surface area contributed by atoms with Crippen molar-refractivity contribution >= 4 is 0 Å². The molecule has 1 aromatic rings. The Morgan fingerprint density at radius 2 is 2.24 bits per heavy atom. The fraction of sp³-hybridized carbons (Fsp3) is 0.769. The van der Waals surface area contributed by atoms with E-state index in [4.69, 9.17) is 0 Å². The molecule has 0 amide bonds. The summed E-state index contributed by atoms with van der Waals surface area (Å²) in [6.07, 6.45) is 10.7. The third-order valence-electron chi connectivity index (χ3n) is 3.71. The number of rotatable bonds is 5. The van der Waals surface area contributed by atoms with E-state index in [0.717, 1.165) is 51.1 Å². The lowest BCUT2D eigenvalue weighted by molar-refractivity contribution is -0.0375. The van der Waals surface area contributed by atoms with Crippen LogP contribution in [0.3, 0.4) is 0 Å². The van der Waals surface area contributed by atoms with Crippen LogP contribution in [0.2, 0.25) is 0 Å². The van der Waals surface area contributed by atoms with Crippen molar-refractivity contribution in [3.63, 3.8) is 0 Å². The van der Waals surface area contributed by atoms with E-state index in [0.29, 0.717) is 0 Å². The molecule has 2 rings (SSSR count). The zero-order valence-corrected chi connectivity index (χ0v) is 10.6. The summed E-state index contributed by atoms with van der Waals surface area (Å²) < 4.78 is 2.06. The van der Waals surface area contributed by atoms with Crippen LogP contribution >= 0.6 is 0 Å². The first kappa shape index (κ1) is 12.6. The molecule has 0 bridgehead atoms. The minimum absolute atomic E-state index is 0.610. The molecule has 1 fully saturated rings. The molecule has 1 aliphatic rings. The molecule has 0 aliphatic heterocycles. The van der Waals surface area contributed by atoms with Gasteiger partial charge in [-0.1, -0.05) is 6.92 Å². The highest BCUT2D eigenvalue weighted by molar-refractivity contribution is 4.82. The maximum Gasteiger partial charge on any atom is 0.116 e. The lowest BCUT2D eigenvalue weighted by Crippen LogP contribution is -2.48. The van der Waals surface area contributed by atoms with Gasteiger partial charge in [0.05, 0.1) is 6.33 Å². The third kappa shape index (κ3) is 3.82. The molecule has 0 atom stereocenters. The minimum atomic E-state index is -0.610. The Hall–Kier alpha value is -0.870. The summed E-state index contributed by atoms with van der Waals surface area (Å²) in [5.41, 5.74) is -0.610. The Bertz CT molecular complexity index is 315. The molecule has 0 saturated heterocycles. The molecule has 1 heterocycles. The van der Waals surface area contributed by atoms with E-state index in [-0.39, 0.29) is 0 Å². The normalized spacial score (nSPS) is 29.4. The van der Waals surface area contributed by atoms with Gasteiger partial charge in [-0.05, 0) is 44.6 Å². The van der Waals surface area contributed by atoms with Gasteiger partial charge >= 0.3 is 0 Å². The van der Waals surface area contributed by atoms with Crippen LogP contribution in [0.5, 0.6) is 0 Å². The van der Waals surface area contributed by atoms with Gasteiger partial charge in [-0.25, -0.2) is 4.98 Å². The van der Waals surface area contributed by atoms with Gasteiger partial charge in [0, 0.05) is 18.9 Å². The van der Waals surface area contributed by atoms with E-state index in [1.54, 1.807) is 6.20 Å². The van der Waals surface area contributed by atoms with Crippen molar-refractivity contribution in [2.75, 3.05) is 6.54 Å². The van der Waals surface area contributed by atoms with E-state index in [9.17, 15) is 5.11 Å². The second-order valence-electron chi connectivity index (χ2n) is 5.29. The first-order valence-corrected chi connectivity index (χ1v) is 6.61. The fourth-order valence-electron chi connectivity index (χ4n) is 2.42. The van der Waals surface area contributed by atoms with Gasteiger partial charge in [-0.3, -0.25) is 5.32 Å². The van der Waals surface area contributed by atoms with Gasteiger partial charge < -0.3 is 9.67 Å². The average molecular weight is 237 g/mol. The second-order valence-corrected chi connectivity index (χ2v) is 5.29. The van der Waals surface area contributed by atoms with Gasteiger partial charge in [-0.2, -0.15) is 0 Å². The number of aromatic nitrogens is 2. The molecule has 0 unspecified atom stereocenters. The summed E-state index contributed by atoms with van der Waals surface area (Å²) in [7, 11) is 0. The molecule has 0 aromatic carbocycles. The smallest absolute Gasteiger partial charge is 0.116 e. The third-order valence-corrected chi connectivity index (χ3v) is 3.71. The number of aryl methyl sites for hydroxylation is 1. The summed E-state index contributed by atoms with van der Waals surface area (Å²) in [4.78, 5) is 4.01. The number of nitrogens with one attached hydrogen (secondary N) is 1. The van der Waals surface area contributed by atoms with Gasteiger partial charge in [0.25, 0.3) is 0 Å². The summed E-state index contributed by atoms with van der Waals surface area (Å²) in [5, 5.41) is 13.6. The Labute approximate surface area is 103 Å². The van der Waals surface area contributed by atoms with Crippen LogP contribution in [0.4, 0.5) is 0 Å². The molecular weight excluding hydrogens is 214 g/mol. The molecule has 2 N–H and O–H groups in total. The van der Waals surface area contributed by atoms with Crippen LogP contribution in [0.25, 0.3) is 0 Å². The van der Waals surface area contributed by atoms with Crippen molar-refractivity contribution in [2.45, 2.75) is 51.3 Å². The quantitative estimate of drug-likeness (QED) is 0.606. The minimum Gasteiger partial charge on any atom is -0.376 e. The van der Waals surface area contributed by atoms with Crippen LogP contribution in [0.15, 0.2) is 18.7 Å². The lowest BCUT2D eigenvalue weighted by Gasteiger charge is -2.35. The summed E-state index contributed by atoms with van der Waals surface area (Å²) in [6.45, 7) is 4.08. The largest absolute Gasteiger partial charge is 0.376 e. The molecule has 0 spiro atoms. The first-order chi connectivity index (χ1) is 8.18. The maximum atomic E-state index is 10.3. The highest BCUT2D eigenvalue weighted by atomic mass is 16.3. The Kier molecular flexibility index (Phi) is 4.18. The summed E-state index contributed by atoms with van der Waals surface area (Å²) in [6, 6.07) is 0. The van der Waals surface area contributed by atoms with Crippen LogP contribution < -0.4 is 5.32 Å². The van der Waals surface area contributed by atoms with Crippen LogP contribution in [0.1, 0.15) is 39.0 Å². The van der Waals surface area contributed by atoms with Crippen molar-refractivity contribution in [3.8, 4) is 0 Å². The average Bonchev–Trinajstić information content (AvgIpc) is 2.82. The zero-order chi connectivity index (χ0) is 12.1. The Morgan fingerprint density at radius 1 is 1.47 bits per heavy atom. The first-order valence-electron chi connectivity index (χ1n) is 6.61. The van der Waals surface area contributed by atoms with Gasteiger partial charge in [0.15, 0.2) is 0 Å². The molecule has 4 heteroatoms. The van der Waals surface area contributed by atoms with E-state index < -0.39 is 5.72 Å². The fourth-order valence-corrected chi connectivity index (χ4v) is 2.42. The van der Waals surface area contributed by atoms with E-state index in [2.05, 4.69) is 21.8 Å². The van der Waals surface area contributed by atoms with E-state index >= 15 is 0 Å². The highest BCUT2D eigenvalue weighted by Crippen LogP contribution is 2.29. The number of imidazole rings is 1. The Morgan fingerprint density at radius 3 is 2.88 bits per heavy atom. The van der Waals surface area contributed by atoms with Crippen molar-refractivity contribution in [2.24, 2.45) is 5.92 Å². The second kappa shape index (κ2) is 5.65. The predicted molar refractivity (Wildman–Crippen MR) is 67.4 cm³/mol. The molecule has 4 nitrogen and oxygen atoms in total. The predicted octanol–water partition coefficient (Wildman–Crippen LogP) is 1.76. The standard InChI is InChI=1S/C13H23N3O/c1-12-3-5-13(17,6-4-12)15-7-2-9-16-10-8-14-11-16/h8,10-12,15,17H,2-7,9H2,1H3. The Balaban J connectivity index is 1.64. The molecule has 1 saturated carbocycles. The zero-order valence-electron chi connectivity index (χ0n) is 10.6. The number of aliphatic hydroxyl groups is 1. The van der Waals surface area contributed by atoms with E-state index in [1.165, 1.54) is 0 Å². The van der Waals surface area contributed by atoms with Crippen LogP contribution in [-0.4, -0.2) is 26.9 Å². The molecule has 96 valence electrons. The number of hydrogen-bond acceptors (Lipinski definition) is 3.